The van der Waals surface area contributed by atoms with Crippen molar-refractivity contribution in [2.45, 2.75) is 38.4 Å². The molecule has 0 aliphatic heterocycles. The molecular formula is C11H14F3N3O3. The van der Waals surface area contributed by atoms with Crippen molar-refractivity contribution >= 4 is 17.6 Å². The van der Waals surface area contributed by atoms with Crippen molar-refractivity contribution < 1.29 is 27.9 Å². The molecule has 0 radical (unpaired) electrons. The molecule has 112 valence electrons. The van der Waals surface area contributed by atoms with Gasteiger partial charge in [0, 0.05) is 12.6 Å². The van der Waals surface area contributed by atoms with E-state index in [4.69, 9.17) is 5.11 Å². The fourth-order valence-electron chi connectivity index (χ4n) is 1.27. The highest BCUT2D eigenvalue weighted by atomic mass is 19.4. The highest BCUT2D eigenvalue weighted by molar-refractivity contribution is 5.90. The van der Waals surface area contributed by atoms with E-state index < -0.39 is 36.4 Å². The summed E-state index contributed by atoms with van der Waals surface area (Å²) in [5.74, 6) is -1.94. The van der Waals surface area contributed by atoms with Gasteiger partial charge in [-0.15, -0.1) is 0 Å². The Hall–Kier alpha value is -2.06. The van der Waals surface area contributed by atoms with Gasteiger partial charge in [0.05, 0.1) is 18.3 Å². The predicted molar refractivity (Wildman–Crippen MR) is 63.1 cm³/mol. The number of carboxylic acids is 1. The summed E-state index contributed by atoms with van der Waals surface area (Å²) in [4.78, 5) is 22.3. The molecule has 0 saturated heterocycles. The van der Waals surface area contributed by atoms with Crippen LogP contribution in [0.2, 0.25) is 0 Å². The fourth-order valence-corrected chi connectivity index (χ4v) is 1.27. The maximum Gasteiger partial charge on any atom is 0.389 e. The van der Waals surface area contributed by atoms with Gasteiger partial charge in [0.15, 0.2) is 5.54 Å². The minimum absolute atomic E-state index is 0.145. The van der Waals surface area contributed by atoms with Crippen LogP contribution in [0, 0.1) is 0 Å². The molecule has 0 atom stereocenters. The number of amides is 1. The van der Waals surface area contributed by atoms with Crippen LogP contribution in [0.25, 0.3) is 0 Å². The van der Waals surface area contributed by atoms with Gasteiger partial charge in [0.2, 0.25) is 5.91 Å². The third-order valence-corrected chi connectivity index (χ3v) is 2.60. The van der Waals surface area contributed by atoms with Crippen molar-refractivity contribution in [1.29, 1.82) is 0 Å². The number of rotatable bonds is 5. The molecule has 2 N–H and O–H groups in total. The van der Waals surface area contributed by atoms with E-state index in [-0.39, 0.29) is 5.69 Å². The fraction of sp³-hybridized carbons (Fsp3) is 0.545. The molecule has 0 spiro atoms. The van der Waals surface area contributed by atoms with E-state index in [2.05, 4.69) is 10.4 Å². The number of aliphatic carboxylic acids is 1. The number of nitrogens with zero attached hydrogens (tertiary/aromatic N) is 2. The van der Waals surface area contributed by atoms with Gasteiger partial charge >= 0.3 is 12.1 Å². The zero-order chi connectivity index (χ0) is 15.6. The molecule has 0 aliphatic carbocycles. The molecule has 0 aliphatic rings. The molecule has 0 unspecified atom stereocenters. The molecule has 0 fully saturated rings. The Bertz CT molecular complexity index is 509. The molecule has 0 saturated carbocycles. The number of alkyl halides is 3. The highest BCUT2D eigenvalue weighted by Gasteiger charge is 2.31. The monoisotopic (exact) mass is 293 g/mol. The van der Waals surface area contributed by atoms with Gasteiger partial charge in [-0.2, -0.15) is 18.3 Å². The van der Waals surface area contributed by atoms with E-state index in [1.54, 1.807) is 0 Å². The second-order valence-electron chi connectivity index (χ2n) is 4.70. The summed E-state index contributed by atoms with van der Waals surface area (Å²) >= 11 is 0. The van der Waals surface area contributed by atoms with Gasteiger partial charge < -0.3 is 10.4 Å². The smallest absolute Gasteiger partial charge is 0.389 e. The molecule has 1 heterocycles. The lowest BCUT2D eigenvalue weighted by Gasteiger charge is -2.19. The molecule has 1 amide bonds. The Morgan fingerprint density at radius 1 is 1.40 bits per heavy atom. The Labute approximate surface area is 112 Å². The van der Waals surface area contributed by atoms with Gasteiger partial charge in [-0.3, -0.25) is 9.48 Å². The predicted octanol–water partition coefficient (Wildman–Crippen LogP) is 1.98. The molecular weight excluding hydrogens is 279 g/mol. The summed E-state index contributed by atoms with van der Waals surface area (Å²) in [6, 6.07) is 0. The number of anilines is 1. The summed E-state index contributed by atoms with van der Waals surface area (Å²) in [5.41, 5.74) is -1.18. The van der Waals surface area contributed by atoms with Gasteiger partial charge in [-0.1, -0.05) is 0 Å². The van der Waals surface area contributed by atoms with Crippen LogP contribution in [0.3, 0.4) is 0 Å². The second kappa shape index (κ2) is 5.51. The number of carboxylic acid groups (broad SMARTS) is 1. The minimum atomic E-state index is -4.40. The van der Waals surface area contributed by atoms with Crippen LogP contribution in [0.4, 0.5) is 18.9 Å². The van der Waals surface area contributed by atoms with Crippen LogP contribution in [0.15, 0.2) is 12.4 Å². The largest absolute Gasteiger partial charge is 0.479 e. The third-order valence-electron chi connectivity index (χ3n) is 2.60. The molecule has 9 heteroatoms. The first-order chi connectivity index (χ1) is 9.02. The standard InChI is InChI=1S/C11H14F3N3O3/c1-10(2,9(19)20)17-6-7(5-15-17)16-8(18)3-4-11(12,13)14/h5-6H,3-4H2,1-2H3,(H,16,18)(H,19,20). The maximum absolute atomic E-state index is 11.9. The third kappa shape index (κ3) is 4.25. The van der Waals surface area contributed by atoms with Crippen molar-refractivity contribution in [3.05, 3.63) is 12.4 Å². The summed E-state index contributed by atoms with van der Waals surface area (Å²) in [5, 5.41) is 15.0. The Morgan fingerprint density at radius 2 is 2.00 bits per heavy atom. The van der Waals surface area contributed by atoms with Crippen LogP contribution in [0.1, 0.15) is 26.7 Å². The molecule has 0 bridgehead atoms. The first-order valence-corrected chi connectivity index (χ1v) is 5.67. The number of aromatic nitrogens is 2. The van der Waals surface area contributed by atoms with E-state index in [0.717, 1.165) is 4.68 Å². The van der Waals surface area contributed by atoms with Crippen LogP contribution < -0.4 is 5.32 Å². The summed E-state index contributed by atoms with van der Waals surface area (Å²) in [7, 11) is 0. The van der Waals surface area contributed by atoms with Crippen molar-refractivity contribution in [3.63, 3.8) is 0 Å². The summed E-state index contributed by atoms with van der Waals surface area (Å²) in [6.45, 7) is 2.80. The Balaban J connectivity index is 2.65. The summed E-state index contributed by atoms with van der Waals surface area (Å²) in [6.07, 6.45) is -3.88. The topological polar surface area (TPSA) is 84.2 Å². The van der Waals surface area contributed by atoms with E-state index in [1.807, 2.05) is 0 Å². The minimum Gasteiger partial charge on any atom is -0.479 e. The number of hydrogen-bond acceptors (Lipinski definition) is 3. The average Bonchev–Trinajstić information content (AvgIpc) is 2.74. The van der Waals surface area contributed by atoms with Crippen molar-refractivity contribution in [2.24, 2.45) is 0 Å². The number of halogens is 3. The Kier molecular flexibility index (Phi) is 4.41. The zero-order valence-electron chi connectivity index (χ0n) is 10.9. The molecule has 20 heavy (non-hydrogen) atoms. The lowest BCUT2D eigenvalue weighted by Crippen LogP contribution is -2.35. The number of nitrogens with one attached hydrogen (secondary N) is 1. The lowest BCUT2D eigenvalue weighted by molar-refractivity contribution is -0.146. The average molecular weight is 293 g/mol. The van der Waals surface area contributed by atoms with Crippen LogP contribution >= 0.6 is 0 Å². The SMILES string of the molecule is CC(C)(C(=O)O)n1cc(NC(=O)CCC(F)(F)F)cn1. The normalized spacial score (nSPS) is 12.2. The van der Waals surface area contributed by atoms with Gasteiger partial charge in [-0.05, 0) is 13.8 Å². The quantitative estimate of drug-likeness (QED) is 0.869. The highest BCUT2D eigenvalue weighted by Crippen LogP contribution is 2.22. The van der Waals surface area contributed by atoms with Gasteiger partial charge in [0.25, 0.3) is 0 Å². The van der Waals surface area contributed by atoms with Crippen molar-refractivity contribution in [2.75, 3.05) is 5.32 Å². The van der Waals surface area contributed by atoms with Gasteiger partial charge in [0.1, 0.15) is 0 Å². The van der Waals surface area contributed by atoms with E-state index >= 15 is 0 Å². The number of carbonyl (C=O) groups excluding carboxylic acids is 1. The first kappa shape index (κ1) is 16.0. The van der Waals surface area contributed by atoms with Crippen molar-refractivity contribution in [1.82, 2.24) is 9.78 Å². The van der Waals surface area contributed by atoms with Crippen LogP contribution in [0.5, 0.6) is 0 Å². The van der Waals surface area contributed by atoms with Crippen molar-refractivity contribution in [3.8, 4) is 0 Å². The molecule has 0 aromatic carbocycles. The van der Waals surface area contributed by atoms with Crippen LogP contribution in [-0.2, 0) is 15.1 Å². The lowest BCUT2D eigenvalue weighted by atomic mass is 10.1. The number of hydrogen-bond donors (Lipinski definition) is 2. The molecule has 1 aromatic heterocycles. The Morgan fingerprint density at radius 3 is 2.50 bits per heavy atom. The van der Waals surface area contributed by atoms with E-state index in [1.165, 1.54) is 26.2 Å². The van der Waals surface area contributed by atoms with E-state index in [0.29, 0.717) is 0 Å². The first-order valence-electron chi connectivity index (χ1n) is 5.67. The maximum atomic E-state index is 11.9. The molecule has 1 rings (SSSR count). The molecule has 6 nitrogen and oxygen atoms in total. The summed E-state index contributed by atoms with van der Waals surface area (Å²) < 4.78 is 36.9. The molecule has 1 aromatic rings. The van der Waals surface area contributed by atoms with E-state index in [9.17, 15) is 22.8 Å². The van der Waals surface area contributed by atoms with Crippen LogP contribution in [-0.4, -0.2) is 32.9 Å². The second-order valence-corrected chi connectivity index (χ2v) is 4.70. The zero-order valence-corrected chi connectivity index (χ0v) is 10.9. The van der Waals surface area contributed by atoms with Gasteiger partial charge in [-0.25, -0.2) is 4.79 Å². The number of carbonyl (C=O) groups is 2.